The van der Waals surface area contributed by atoms with E-state index in [-0.39, 0.29) is 30.0 Å². The van der Waals surface area contributed by atoms with Crippen LogP contribution in [0.15, 0.2) is 18.2 Å². The van der Waals surface area contributed by atoms with Crippen molar-refractivity contribution in [3.8, 4) is 0 Å². The van der Waals surface area contributed by atoms with Gasteiger partial charge in [-0.3, -0.25) is 14.5 Å². The lowest BCUT2D eigenvalue weighted by Gasteiger charge is -2.32. The Labute approximate surface area is 110 Å². The van der Waals surface area contributed by atoms with Crippen LogP contribution in [0.4, 0.5) is 10.1 Å². The van der Waals surface area contributed by atoms with Crippen LogP contribution in [-0.2, 0) is 9.59 Å². The lowest BCUT2D eigenvalue weighted by atomic mass is 10.1. The van der Waals surface area contributed by atoms with E-state index in [1.807, 2.05) is 0 Å². The van der Waals surface area contributed by atoms with Gasteiger partial charge in [0.15, 0.2) is 0 Å². The van der Waals surface area contributed by atoms with Crippen LogP contribution >= 0.6 is 0 Å². The maximum Gasteiger partial charge on any atom is 0.250 e. The van der Waals surface area contributed by atoms with Gasteiger partial charge in [0.1, 0.15) is 18.4 Å². The number of piperazine rings is 1. The highest BCUT2D eigenvalue weighted by molar-refractivity contribution is 6.06. The maximum atomic E-state index is 14.0. The minimum atomic E-state index is -0.484. The number of anilines is 1. The number of amides is 2. The molecule has 0 spiro atoms. The largest absolute Gasteiger partial charge is 0.342 e. The number of carbonyl (C=O) groups excluding carboxylic acids is 2. The fraction of sp³-hybridized carbons (Fsp3) is 0.429. The van der Waals surface area contributed by atoms with Crippen LogP contribution in [0.25, 0.3) is 0 Å². The van der Waals surface area contributed by atoms with E-state index in [1.165, 1.54) is 11.0 Å². The molecule has 0 bridgehead atoms. The van der Waals surface area contributed by atoms with E-state index >= 15 is 0 Å². The third kappa shape index (κ3) is 2.20. The summed E-state index contributed by atoms with van der Waals surface area (Å²) in [5.41, 5.74) is 0.977. The highest BCUT2D eigenvalue weighted by Gasteiger charge is 2.43. The summed E-state index contributed by atoms with van der Waals surface area (Å²) in [7, 11) is 0. The van der Waals surface area contributed by atoms with Gasteiger partial charge >= 0.3 is 0 Å². The van der Waals surface area contributed by atoms with Crippen LogP contribution in [0.1, 0.15) is 18.4 Å². The molecule has 4 nitrogen and oxygen atoms in total. The molecule has 5 heteroatoms. The summed E-state index contributed by atoms with van der Waals surface area (Å²) >= 11 is 0. The molecule has 1 atom stereocenters. The number of rotatable bonds is 2. The molecule has 1 aromatic rings. The molecule has 2 aliphatic rings. The second kappa shape index (κ2) is 4.33. The first-order chi connectivity index (χ1) is 9.06. The van der Waals surface area contributed by atoms with Gasteiger partial charge in [0, 0.05) is 0 Å². The van der Waals surface area contributed by atoms with Crippen molar-refractivity contribution in [2.24, 2.45) is 5.92 Å². The zero-order valence-corrected chi connectivity index (χ0v) is 10.6. The number of aryl methyl sites for hydroxylation is 1. The second-order valence-electron chi connectivity index (χ2n) is 5.26. The van der Waals surface area contributed by atoms with Gasteiger partial charge in [0.25, 0.3) is 0 Å². The fourth-order valence-electron chi connectivity index (χ4n) is 2.45. The van der Waals surface area contributed by atoms with Crippen LogP contribution < -0.4 is 10.2 Å². The van der Waals surface area contributed by atoms with Gasteiger partial charge in [-0.2, -0.15) is 0 Å². The molecule has 2 fully saturated rings. The van der Waals surface area contributed by atoms with Gasteiger partial charge in [-0.05, 0) is 43.4 Å². The zero-order valence-electron chi connectivity index (χ0n) is 10.6. The summed E-state index contributed by atoms with van der Waals surface area (Å²) < 4.78 is 14.0. The molecule has 1 aliphatic heterocycles. The normalized spacial score (nSPS) is 23.5. The lowest BCUT2D eigenvalue weighted by Crippen LogP contribution is -2.59. The zero-order chi connectivity index (χ0) is 13.6. The Kier molecular flexibility index (Phi) is 2.77. The summed E-state index contributed by atoms with van der Waals surface area (Å²) in [5, 5.41) is 2.71. The molecule has 3 rings (SSSR count). The van der Waals surface area contributed by atoms with Crippen molar-refractivity contribution in [1.29, 1.82) is 0 Å². The van der Waals surface area contributed by atoms with Crippen molar-refractivity contribution in [1.82, 2.24) is 5.32 Å². The number of carbonyl (C=O) groups is 2. The summed E-state index contributed by atoms with van der Waals surface area (Å²) in [4.78, 5) is 25.3. The van der Waals surface area contributed by atoms with E-state index in [2.05, 4.69) is 5.32 Å². The first kappa shape index (κ1) is 12.1. The van der Waals surface area contributed by atoms with E-state index in [0.29, 0.717) is 0 Å². The van der Waals surface area contributed by atoms with E-state index in [0.717, 1.165) is 18.4 Å². The predicted octanol–water partition coefficient (Wildman–Crippen LogP) is 1.38. The third-order valence-corrected chi connectivity index (χ3v) is 3.64. The maximum absolute atomic E-state index is 14.0. The number of nitrogens with zero attached hydrogens (tertiary/aromatic N) is 1. The average Bonchev–Trinajstić information content (AvgIpc) is 3.16. The van der Waals surface area contributed by atoms with Crippen LogP contribution in [-0.4, -0.2) is 24.4 Å². The molecular formula is C14H15FN2O2. The van der Waals surface area contributed by atoms with Crippen molar-refractivity contribution in [2.75, 3.05) is 11.4 Å². The van der Waals surface area contributed by atoms with Crippen molar-refractivity contribution in [3.05, 3.63) is 29.6 Å². The molecular weight excluding hydrogens is 247 g/mol. The lowest BCUT2D eigenvalue weighted by molar-refractivity contribution is -0.131. The highest BCUT2D eigenvalue weighted by atomic mass is 19.1. The first-order valence-electron chi connectivity index (χ1n) is 6.43. The Morgan fingerprint density at radius 2 is 2.05 bits per heavy atom. The first-order valence-corrected chi connectivity index (χ1v) is 6.43. The van der Waals surface area contributed by atoms with Gasteiger partial charge in [-0.1, -0.05) is 6.07 Å². The number of hydrogen-bond acceptors (Lipinski definition) is 2. The Morgan fingerprint density at radius 1 is 1.32 bits per heavy atom. The van der Waals surface area contributed by atoms with Crippen LogP contribution in [0, 0.1) is 18.7 Å². The molecule has 100 valence electrons. The van der Waals surface area contributed by atoms with Crippen LogP contribution in [0.3, 0.4) is 0 Å². The molecule has 1 unspecified atom stereocenters. The third-order valence-electron chi connectivity index (χ3n) is 3.64. The van der Waals surface area contributed by atoms with E-state index in [1.54, 1.807) is 19.1 Å². The van der Waals surface area contributed by atoms with Crippen LogP contribution in [0.2, 0.25) is 0 Å². The number of nitrogens with one attached hydrogen (secondary N) is 1. The molecule has 1 saturated heterocycles. The van der Waals surface area contributed by atoms with Crippen LogP contribution in [0.5, 0.6) is 0 Å². The average molecular weight is 262 g/mol. The molecule has 0 radical (unpaired) electrons. The second-order valence-corrected chi connectivity index (χ2v) is 5.26. The molecule has 1 N–H and O–H groups in total. The standard InChI is InChI=1S/C14H15FN2O2/c1-8-2-5-11(10(15)6-8)17-7-12(18)16-13(14(17)19)9-3-4-9/h2,5-6,9,13H,3-4,7H2,1H3,(H,16,18). The SMILES string of the molecule is Cc1ccc(N2CC(=O)NC(C3CC3)C2=O)c(F)c1. The summed E-state index contributed by atoms with van der Waals surface area (Å²) in [6, 6.07) is 4.19. The fourth-order valence-corrected chi connectivity index (χ4v) is 2.45. The minimum Gasteiger partial charge on any atom is -0.342 e. The quantitative estimate of drug-likeness (QED) is 0.875. The van der Waals surface area contributed by atoms with Gasteiger partial charge in [-0.15, -0.1) is 0 Å². The van der Waals surface area contributed by atoms with E-state index in [4.69, 9.17) is 0 Å². The van der Waals surface area contributed by atoms with E-state index in [9.17, 15) is 14.0 Å². The van der Waals surface area contributed by atoms with Gasteiger partial charge in [0.05, 0.1) is 5.69 Å². The Hall–Kier alpha value is -1.91. The summed E-state index contributed by atoms with van der Waals surface area (Å²) in [6.45, 7) is 1.67. The Morgan fingerprint density at radius 3 is 2.68 bits per heavy atom. The molecule has 19 heavy (non-hydrogen) atoms. The molecule has 0 aromatic heterocycles. The molecule has 1 heterocycles. The number of halogens is 1. The summed E-state index contributed by atoms with van der Waals surface area (Å²) in [6.07, 6.45) is 1.89. The topological polar surface area (TPSA) is 49.4 Å². The molecule has 1 aliphatic carbocycles. The molecule has 1 saturated carbocycles. The van der Waals surface area contributed by atoms with Crippen molar-refractivity contribution in [2.45, 2.75) is 25.8 Å². The predicted molar refractivity (Wildman–Crippen MR) is 68.1 cm³/mol. The number of hydrogen-bond donors (Lipinski definition) is 1. The Balaban J connectivity index is 1.93. The number of benzene rings is 1. The smallest absolute Gasteiger partial charge is 0.250 e. The summed E-state index contributed by atoms with van der Waals surface area (Å²) in [5.74, 6) is -0.674. The van der Waals surface area contributed by atoms with Gasteiger partial charge < -0.3 is 5.32 Å². The molecule has 2 amide bonds. The van der Waals surface area contributed by atoms with Crippen molar-refractivity contribution in [3.63, 3.8) is 0 Å². The highest BCUT2D eigenvalue weighted by Crippen LogP contribution is 2.35. The minimum absolute atomic E-state index is 0.109. The van der Waals surface area contributed by atoms with Gasteiger partial charge in [0.2, 0.25) is 11.8 Å². The molecule has 1 aromatic carbocycles. The van der Waals surface area contributed by atoms with E-state index < -0.39 is 11.9 Å². The van der Waals surface area contributed by atoms with Gasteiger partial charge in [-0.25, -0.2) is 4.39 Å². The Bertz CT molecular complexity index is 554. The van der Waals surface area contributed by atoms with Crippen molar-refractivity contribution >= 4 is 17.5 Å². The van der Waals surface area contributed by atoms with Crippen molar-refractivity contribution < 1.29 is 14.0 Å². The monoisotopic (exact) mass is 262 g/mol.